The van der Waals surface area contributed by atoms with Crippen LogP contribution in [0.1, 0.15) is 40.2 Å². The lowest BCUT2D eigenvalue weighted by atomic mass is 9.97. The highest BCUT2D eigenvalue weighted by atomic mass is 32.1. The Morgan fingerprint density at radius 1 is 1.50 bits per heavy atom. The summed E-state index contributed by atoms with van der Waals surface area (Å²) in [6.45, 7) is 2.81. The lowest BCUT2D eigenvalue weighted by molar-refractivity contribution is 0.0657. The van der Waals surface area contributed by atoms with Crippen molar-refractivity contribution in [2.45, 2.75) is 25.8 Å². The molecule has 0 saturated carbocycles. The molecular weight excluding hydrogens is 272 g/mol. The van der Waals surface area contributed by atoms with Gasteiger partial charge in [0.2, 0.25) is 5.56 Å². The maximum atomic E-state index is 12.6. The zero-order valence-electron chi connectivity index (χ0n) is 11.3. The molecule has 1 N–H and O–H groups in total. The smallest absolute Gasteiger partial charge is 0.254 e. The first-order valence-electron chi connectivity index (χ1n) is 6.76. The fourth-order valence-electron chi connectivity index (χ4n) is 2.82. The predicted octanol–water partition coefficient (Wildman–Crippen LogP) is 2.59. The number of aromatic nitrogens is 1. The average Bonchev–Trinajstić information content (AvgIpc) is 2.93. The van der Waals surface area contributed by atoms with Crippen LogP contribution in [-0.2, 0) is 6.42 Å². The summed E-state index contributed by atoms with van der Waals surface area (Å²) in [5, 5.41) is 2.09. The van der Waals surface area contributed by atoms with E-state index >= 15 is 0 Å². The molecule has 0 saturated heterocycles. The van der Waals surface area contributed by atoms with Gasteiger partial charge < -0.3 is 9.88 Å². The van der Waals surface area contributed by atoms with Crippen LogP contribution < -0.4 is 5.56 Å². The second-order valence-corrected chi connectivity index (χ2v) is 5.91. The van der Waals surface area contributed by atoms with Crippen molar-refractivity contribution >= 4 is 17.2 Å². The van der Waals surface area contributed by atoms with E-state index in [-0.39, 0.29) is 17.5 Å². The monoisotopic (exact) mass is 288 g/mol. The molecular formula is C15H16N2O2S. The van der Waals surface area contributed by atoms with Crippen LogP contribution in [0, 0.1) is 0 Å². The summed E-state index contributed by atoms with van der Waals surface area (Å²) in [6, 6.07) is 5.28. The van der Waals surface area contributed by atoms with Gasteiger partial charge in [0.1, 0.15) is 0 Å². The van der Waals surface area contributed by atoms with Crippen molar-refractivity contribution in [2.24, 2.45) is 0 Å². The number of carbonyl (C=O) groups excluding carboxylic acids is 1. The molecule has 0 fully saturated rings. The van der Waals surface area contributed by atoms with E-state index in [2.05, 4.69) is 23.4 Å². The maximum absolute atomic E-state index is 12.6. The number of aromatic amines is 1. The van der Waals surface area contributed by atoms with Crippen LogP contribution in [0.25, 0.3) is 0 Å². The van der Waals surface area contributed by atoms with Crippen LogP contribution in [0.5, 0.6) is 0 Å². The summed E-state index contributed by atoms with van der Waals surface area (Å²) in [7, 11) is 0. The molecule has 0 bridgehead atoms. The molecule has 2 aromatic rings. The van der Waals surface area contributed by atoms with Crippen molar-refractivity contribution in [3.63, 3.8) is 0 Å². The molecule has 1 unspecified atom stereocenters. The Morgan fingerprint density at radius 3 is 3.10 bits per heavy atom. The topological polar surface area (TPSA) is 53.2 Å². The van der Waals surface area contributed by atoms with E-state index in [9.17, 15) is 9.59 Å². The van der Waals surface area contributed by atoms with Gasteiger partial charge in [0.25, 0.3) is 5.91 Å². The minimum Gasteiger partial charge on any atom is -0.331 e. The number of carbonyl (C=O) groups is 1. The molecule has 3 rings (SSSR count). The fraction of sp³-hybridized carbons (Fsp3) is 0.333. The summed E-state index contributed by atoms with van der Waals surface area (Å²) >= 11 is 1.76. The van der Waals surface area contributed by atoms with Gasteiger partial charge in [-0.2, -0.15) is 0 Å². The number of H-pyrrole nitrogens is 1. The quantitative estimate of drug-likeness (QED) is 0.923. The van der Waals surface area contributed by atoms with E-state index in [0.29, 0.717) is 5.56 Å². The Hall–Kier alpha value is -1.88. The minimum atomic E-state index is -0.239. The van der Waals surface area contributed by atoms with Crippen LogP contribution in [0.4, 0.5) is 0 Å². The molecule has 0 radical (unpaired) electrons. The molecule has 3 heterocycles. The van der Waals surface area contributed by atoms with E-state index in [0.717, 1.165) is 19.4 Å². The minimum absolute atomic E-state index is 0.0557. The third-order valence-electron chi connectivity index (χ3n) is 3.76. The number of nitrogens with one attached hydrogen (secondary N) is 1. The molecule has 1 atom stereocenters. The number of thiophene rings is 1. The van der Waals surface area contributed by atoms with Gasteiger partial charge in [-0.1, -0.05) is 6.92 Å². The lowest BCUT2D eigenvalue weighted by Crippen LogP contribution is -2.39. The predicted molar refractivity (Wildman–Crippen MR) is 79.2 cm³/mol. The third-order valence-corrected chi connectivity index (χ3v) is 4.76. The molecule has 2 aromatic heterocycles. The first kappa shape index (κ1) is 13.1. The van der Waals surface area contributed by atoms with Crippen molar-refractivity contribution in [3.8, 4) is 0 Å². The second-order valence-electron chi connectivity index (χ2n) is 4.91. The lowest BCUT2D eigenvalue weighted by Gasteiger charge is -2.35. The van der Waals surface area contributed by atoms with Crippen LogP contribution in [0.2, 0.25) is 0 Å². The van der Waals surface area contributed by atoms with Crippen molar-refractivity contribution in [1.82, 2.24) is 9.88 Å². The van der Waals surface area contributed by atoms with Gasteiger partial charge in [-0.15, -0.1) is 11.3 Å². The molecule has 1 amide bonds. The summed E-state index contributed by atoms with van der Waals surface area (Å²) < 4.78 is 0. The Kier molecular flexibility index (Phi) is 3.44. The SMILES string of the molecule is CCC1c2ccsc2CCN1C(=O)c1cc[nH]c(=O)c1. The largest absolute Gasteiger partial charge is 0.331 e. The molecule has 1 aliphatic rings. The van der Waals surface area contributed by atoms with Gasteiger partial charge in [0, 0.05) is 29.2 Å². The Morgan fingerprint density at radius 2 is 2.35 bits per heavy atom. The number of rotatable bonds is 2. The molecule has 1 aliphatic heterocycles. The second kappa shape index (κ2) is 5.25. The number of pyridine rings is 1. The highest BCUT2D eigenvalue weighted by molar-refractivity contribution is 7.10. The zero-order valence-corrected chi connectivity index (χ0v) is 12.1. The van der Waals surface area contributed by atoms with Gasteiger partial charge in [-0.3, -0.25) is 9.59 Å². The van der Waals surface area contributed by atoms with Gasteiger partial charge in [0.15, 0.2) is 0 Å². The van der Waals surface area contributed by atoms with Gasteiger partial charge >= 0.3 is 0 Å². The number of hydrogen-bond donors (Lipinski definition) is 1. The van der Waals surface area contributed by atoms with Gasteiger partial charge in [-0.25, -0.2) is 0 Å². The standard InChI is InChI=1S/C15H16N2O2S/c1-2-12-11-5-8-20-13(11)4-7-17(12)15(19)10-3-6-16-14(18)9-10/h3,5-6,8-9,12H,2,4,7H2,1H3,(H,16,18). The molecule has 5 heteroatoms. The van der Waals surface area contributed by atoms with E-state index in [1.165, 1.54) is 22.7 Å². The number of fused-ring (bicyclic) bond motifs is 1. The van der Waals surface area contributed by atoms with E-state index in [1.54, 1.807) is 17.4 Å². The number of hydrogen-bond acceptors (Lipinski definition) is 3. The van der Waals surface area contributed by atoms with Crippen LogP contribution >= 0.6 is 11.3 Å². The normalized spacial score (nSPS) is 17.9. The summed E-state index contributed by atoms with van der Waals surface area (Å²) in [5.74, 6) is -0.0557. The molecule has 20 heavy (non-hydrogen) atoms. The Balaban J connectivity index is 1.94. The number of amides is 1. The van der Waals surface area contributed by atoms with Crippen LogP contribution in [0.3, 0.4) is 0 Å². The van der Waals surface area contributed by atoms with Crippen molar-refractivity contribution < 1.29 is 4.79 Å². The Labute approximate surface area is 121 Å². The van der Waals surface area contributed by atoms with Crippen molar-refractivity contribution in [1.29, 1.82) is 0 Å². The molecule has 0 spiro atoms. The summed E-state index contributed by atoms with van der Waals surface area (Å²) in [4.78, 5) is 29.8. The number of nitrogens with zero attached hydrogens (tertiary/aromatic N) is 1. The highest BCUT2D eigenvalue weighted by Gasteiger charge is 2.30. The van der Waals surface area contributed by atoms with E-state index < -0.39 is 0 Å². The third kappa shape index (κ3) is 2.18. The average molecular weight is 288 g/mol. The van der Waals surface area contributed by atoms with Crippen LogP contribution in [0.15, 0.2) is 34.6 Å². The first-order chi connectivity index (χ1) is 9.70. The van der Waals surface area contributed by atoms with Crippen molar-refractivity contribution in [2.75, 3.05) is 6.54 Å². The molecule has 4 nitrogen and oxygen atoms in total. The fourth-order valence-corrected chi connectivity index (χ4v) is 3.75. The maximum Gasteiger partial charge on any atom is 0.254 e. The van der Waals surface area contributed by atoms with Gasteiger partial charge in [0.05, 0.1) is 6.04 Å². The van der Waals surface area contributed by atoms with E-state index in [4.69, 9.17) is 0 Å². The first-order valence-corrected chi connectivity index (χ1v) is 7.64. The van der Waals surface area contributed by atoms with Crippen LogP contribution in [-0.4, -0.2) is 22.3 Å². The summed E-state index contributed by atoms with van der Waals surface area (Å²) in [6.07, 6.45) is 3.31. The molecule has 0 aliphatic carbocycles. The summed E-state index contributed by atoms with van der Waals surface area (Å²) in [5.41, 5.74) is 1.49. The Bertz CT molecular complexity index is 689. The van der Waals surface area contributed by atoms with Gasteiger partial charge in [-0.05, 0) is 35.9 Å². The highest BCUT2D eigenvalue weighted by Crippen LogP contribution is 2.35. The van der Waals surface area contributed by atoms with Crippen molar-refractivity contribution in [3.05, 3.63) is 56.1 Å². The zero-order chi connectivity index (χ0) is 14.1. The molecule has 104 valence electrons. The molecule has 0 aromatic carbocycles. The van der Waals surface area contributed by atoms with E-state index in [1.807, 2.05) is 4.90 Å².